The molecule has 1 aliphatic heterocycles. The van der Waals surface area contributed by atoms with Gasteiger partial charge in [-0.3, -0.25) is 4.98 Å². The Morgan fingerprint density at radius 2 is 2.06 bits per heavy atom. The Kier molecular flexibility index (Phi) is 4.75. The lowest BCUT2D eigenvalue weighted by Crippen LogP contribution is -2.40. The number of benzene rings is 1. The number of aromatic nitrogens is 2. The van der Waals surface area contributed by atoms with Crippen molar-refractivity contribution in [2.24, 2.45) is 5.41 Å². The zero-order valence-corrected chi connectivity index (χ0v) is 19.3. The lowest BCUT2D eigenvalue weighted by Gasteiger charge is -2.32. The van der Waals surface area contributed by atoms with Gasteiger partial charge in [-0.15, -0.1) is 0 Å². The molecule has 0 radical (unpaired) electrons. The Labute approximate surface area is 192 Å². The average Bonchev–Trinajstić information content (AvgIpc) is 3.72. The molecule has 3 aliphatic rings. The summed E-state index contributed by atoms with van der Waals surface area (Å²) in [6.45, 7) is 1.57. The first-order valence-electron chi connectivity index (χ1n) is 11.2. The lowest BCUT2D eigenvalue weighted by atomic mass is 9.97. The average molecular weight is 473 g/mol. The molecule has 3 heterocycles. The molecule has 7 nitrogen and oxygen atoms in total. The van der Waals surface area contributed by atoms with E-state index in [1.54, 1.807) is 16.6 Å². The van der Waals surface area contributed by atoms with Crippen LogP contribution in [0, 0.1) is 5.41 Å². The van der Waals surface area contributed by atoms with Crippen LogP contribution in [-0.2, 0) is 16.6 Å². The van der Waals surface area contributed by atoms with Crippen molar-refractivity contribution >= 4 is 38.2 Å². The second-order valence-corrected chi connectivity index (χ2v) is 11.7. The van der Waals surface area contributed by atoms with Crippen molar-refractivity contribution < 1.29 is 12.9 Å². The fourth-order valence-corrected chi connectivity index (χ4v) is 7.05. The monoisotopic (exact) mass is 472 g/mol. The van der Waals surface area contributed by atoms with Crippen LogP contribution < -0.4 is 5.32 Å². The van der Waals surface area contributed by atoms with Crippen LogP contribution in [0.1, 0.15) is 55.9 Å². The second kappa shape index (κ2) is 7.43. The van der Waals surface area contributed by atoms with Crippen LogP contribution in [0.5, 0.6) is 0 Å². The first kappa shape index (κ1) is 20.4. The number of fused-ring (bicyclic) bond motifs is 1. The summed E-state index contributed by atoms with van der Waals surface area (Å²) >= 11 is 6.47. The van der Waals surface area contributed by atoms with Crippen LogP contribution >= 0.6 is 11.6 Å². The molecule has 6 rings (SSSR count). The molecule has 1 saturated heterocycles. The Morgan fingerprint density at radius 1 is 1.22 bits per heavy atom. The number of nitrogens with one attached hydrogen (secondary N) is 1. The van der Waals surface area contributed by atoms with E-state index in [1.165, 1.54) is 12.8 Å². The van der Waals surface area contributed by atoms with E-state index in [0.717, 1.165) is 48.2 Å². The molecular weight excluding hydrogens is 448 g/mol. The standard InChI is InChI=1S/C23H25ClN4O3S/c24-18-5-4-17-19(26-13-16-12-20(27-31-16)15-2-3-15)6-10-25-21(17)22(18)32(29,30)28-11-1-7-23(14-28)8-9-23/h4-6,10,12,15H,1-3,7-9,11,13-14H2,(H,25,26). The maximum Gasteiger partial charge on any atom is 0.246 e. The number of nitrogens with zero attached hydrogens (tertiary/aromatic N) is 3. The topological polar surface area (TPSA) is 88.3 Å². The summed E-state index contributed by atoms with van der Waals surface area (Å²) in [7, 11) is -3.75. The maximum atomic E-state index is 13.7. The Morgan fingerprint density at radius 3 is 2.84 bits per heavy atom. The summed E-state index contributed by atoms with van der Waals surface area (Å²) in [5.74, 6) is 1.29. The number of hydrogen-bond donors (Lipinski definition) is 1. The molecule has 2 aromatic heterocycles. The summed E-state index contributed by atoms with van der Waals surface area (Å²) in [6.07, 6.45) is 8.18. The van der Waals surface area contributed by atoms with Crippen LogP contribution in [0.2, 0.25) is 5.02 Å². The van der Waals surface area contributed by atoms with E-state index in [1.807, 2.05) is 18.2 Å². The van der Waals surface area contributed by atoms with Gasteiger partial charge in [-0.1, -0.05) is 16.8 Å². The van der Waals surface area contributed by atoms with Crippen molar-refractivity contribution in [1.29, 1.82) is 0 Å². The van der Waals surface area contributed by atoms with E-state index in [-0.39, 0.29) is 15.3 Å². The van der Waals surface area contributed by atoms with Crippen LogP contribution in [-0.4, -0.2) is 36.0 Å². The molecule has 0 atom stereocenters. The van der Waals surface area contributed by atoms with Crippen molar-refractivity contribution in [2.75, 3.05) is 18.4 Å². The first-order chi connectivity index (χ1) is 15.5. The quantitative estimate of drug-likeness (QED) is 0.547. The number of rotatable bonds is 6. The molecule has 3 fully saturated rings. The molecule has 168 valence electrons. The van der Waals surface area contributed by atoms with Gasteiger partial charge in [0.25, 0.3) is 0 Å². The van der Waals surface area contributed by atoms with Crippen LogP contribution in [0.3, 0.4) is 0 Å². The van der Waals surface area contributed by atoms with Crippen LogP contribution in [0.4, 0.5) is 5.69 Å². The van der Waals surface area contributed by atoms with Crippen molar-refractivity contribution in [3.8, 4) is 0 Å². The highest BCUT2D eigenvalue weighted by atomic mass is 35.5. The Hall–Kier alpha value is -2.16. The van der Waals surface area contributed by atoms with Gasteiger partial charge in [0, 0.05) is 42.3 Å². The summed E-state index contributed by atoms with van der Waals surface area (Å²) in [6, 6.07) is 7.30. The third-order valence-corrected chi connectivity index (χ3v) is 9.37. The van der Waals surface area contributed by atoms with E-state index in [9.17, 15) is 8.42 Å². The molecule has 1 aromatic carbocycles. The van der Waals surface area contributed by atoms with Gasteiger partial charge in [-0.25, -0.2) is 8.42 Å². The lowest BCUT2D eigenvalue weighted by molar-refractivity contribution is 0.249. The van der Waals surface area contributed by atoms with Gasteiger partial charge in [0.1, 0.15) is 4.90 Å². The normalized spacial score (nSPS) is 20.7. The molecule has 2 aliphatic carbocycles. The van der Waals surface area contributed by atoms with E-state index < -0.39 is 10.0 Å². The Bertz CT molecular complexity index is 1300. The molecule has 32 heavy (non-hydrogen) atoms. The second-order valence-electron chi connectivity index (χ2n) is 9.42. The van der Waals surface area contributed by atoms with Gasteiger partial charge in [0.2, 0.25) is 10.0 Å². The predicted molar refractivity (Wildman–Crippen MR) is 122 cm³/mol. The minimum Gasteiger partial charge on any atom is -0.377 e. The van der Waals surface area contributed by atoms with Gasteiger partial charge in [0.15, 0.2) is 5.76 Å². The van der Waals surface area contributed by atoms with E-state index in [0.29, 0.717) is 31.1 Å². The summed E-state index contributed by atoms with van der Waals surface area (Å²) in [4.78, 5) is 4.55. The minimum absolute atomic E-state index is 0.105. The predicted octanol–water partition coefficient (Wildman–Crippen LogP) is 4.93. The fourth-order valence-electron chi connectivity index (χ4n) is 4.82. The van der Waals surface area contributed by atoms with Gasteiger partial charge in [0.05, 0.1) is 22.8 Å². The third-order valence-electron chi connectivity index (χ3n) is 7.03. The molecule has 2 saturated carbocycles. The molecule has 0 amide bonds. The highest BCUT2D eigenvalue weighted by Gasteiger charge is 2.48. The van der Waals surface area contributed by atoms with E-state index in [2.05, 4.69) is 15.5 Å². The SMILES string of the molecule is O=S(=O)(c1c(Cl)ccc2c(NCc3cc(C4CC4)no3)ccnc12)N1CCCC2(CC2)C1. The molecule has 0 bridgehead atoms. The van der Waals surface area contributed by atoms with Crippen molar-refractivity contribution in [3.63, 3.8) is 0 Å². The highest BCUT2D eigenvalue weighted by molar-refractivity contribution is 7.89. The summed E-state index contributed by atoms with van der Waals surface area (Å²) < 4.78 is 34.4. The number of piperidine rings is 1. The fraction of sp³-hybridized carbons (Fsp3) is 0.478. The number of sulfonamides is 1. The smallest absolute Gasteiger partial charge is 0.246 e. The maximum absolute atomic E-state index is 13.7. The largest absolute Gasteiger partial charge is 0.377 e. The number of hydrogen-bond acceptors (Lipinski definition) is 6. The van der Waals surface area contributed by atoms with E-state index in [4.69, 9.17) is 16.1 Å². The number of pyridine rings is 1. The highest BCUT2D eigenvalue weighted by Crippen LogP contribution is 2.53. The van der Waals surface area contributed by atoms with Gasteiger partial charge in [-0.05, 0) is 62.1 Å². The zero-order chi connectivity index (χ0) is 21.9. The van der Waals surface area contributed by atoms with Gasteiger partial charge >= 0.3 is 0 Å². The summed E-state index contributed by atoms with van der Waals surface area (Å²) in [5.41, 5.74) is 2.37. The molecule has 1 N–H and O–H groups in total. The molecular formula is C23H25ClN4O3S. The van der Waals surface area contributed by atoms with Gasteiger partial charge in [-0.2, -0.15) is 4.31 Å². The van der Waals surface area contributed by atoms with E-state index >= 15 is 0 Å². The molecule has 0 unspecified atom stereocenters. The third kappa shape index (κ3) is 3.58. The molecule has 3 aromatic rings. The van der Waals surface area contributed by atoms with Crippen LogP contribution in [0.25, 0.3) is 10.9 Å². The first-order valence-corrected chi connectivity index (χ1v) is 13.0. The van der Waals surface area contributed by atoms with Crippen molar-refractivity contribution in [2.45, 2.75) is 55.9 Å². The Balaban J connectivity index is 1.33. The molecule has 1 spiro atoms. The van der Waals surface area contributed by atoms with Crippen molar-refractivity contribution in [1.82, 2.24) is 14.4 Å². The van der Waals surface area contributed by atoms with Crippen molar-refractivity contribution in [3.05, 3.63) is 46.9 Å². The van der Waals surface area contributed by atoms with Gasteiger partial charge < -0.3 is 9.84 Å². The number of halogens is 1. The summed E-state index contributed by atoms with van der Waals surface area (Å²) in [5, 5.41) is 8.43. The van der Waals surface area contributed by atoms with Crippen LogP contribution in [0.15, 0.2) is 39.9 Å². The minimum atomic E-state index is -3.75. The molecule has 9 heteroatoms. The number of anilines is 1. The zero-order valence-electron chi connectivity index (χ0n) is 17.7.